The minimum atomic E-state index is 0.197. The van der Waals surface area contributed by atoms with Crippen molar-refractivity contribution in [2.45, 2.75) is 0 Å². The molecule has 2 nitrogen and oxygen atoms in total. The topological polar surface area (TPSA) is 29.4 Å². The first-order valence-electron chi connectivity index (χ1n) is 2.10. The fourth-order valence-electron chi connectivity index (χ4n) is 0.197. The molecule has 0 aromatic carbocycles. The van der Waals surface area contributed by atoms with Crippen LogP contribution in [0.5, 0.6) is 0 Å². The van der Waals surface area contributed by atoms with E-state index in [4.69, 9.17) is 0 Å². The molecule has 0 fully saturated rings. The predicted molar refractivity (Wildman–Crippen MR) is 45.0 cm³/mol. The van der Waals surface area contributed by atoms with Crippen LogP contribution in [0.2, 0.25) is 0 Å². The van der Waals surface area contributed by atoms with Gasteiger partial charge in [-0.05, 0) is 11.2 Å². The van der Waals surface area contributed by atoms with E-state index < -0.39 is 0 Å². The van der Waals surface area contributed by atoms with Gasteiger partial charge in [0.1, 0.15) is 7.93 Å². The summed E-state index contributed by atoms with van der Waals surface area (Å²) < 4.78 is 0. The molecule has 0 bridgehead atoms. The molecule has 0 aromatic heterocycles. The fraction of sp³-hybridized carbons (Fsp3) is 1.00. The second-order valence-electron chi connectivity index (χ2n) is 1.02. The Kier molecular flexibility index (Phi) is 8.44. The zero-order valence-electron chi connectivity index (χ0n) is 4.59. The quantitative estimate of drug-likeness (QED) is 0.359. The molecule has 0 N–H and O–H groups in total. The van der Waals surface area contributed by atoms with Crippen LogP contribution in [0.15, 0.2) is 4.95 Å². The van der Waals surface area contributed by atoms with Crippen molar-refractivity contribution in [3.63, 3.8) is 0 Å². The summed E-state index contributed by atoms with van der Waals surface area (Å²) in [5.41, 5.74) is 0. The van der Waals surface area contributed by atoms with Gasteiger partial charge in [0.05, 0.1) is 0 Å². The van der Waals surface area contributed by atoms with Crippen LogP contribution in [0.4, 0.5) is 0 Å². The van der Waals surface area contributed by atoms with E-state index in [2.05, 4.69) is 11.2 Å². The molecule has 0 aliphatic rings. The first-order valence-corrected chi connectivity index (χ1v) is 6.15. The zero-order valence-corrected chi connectivity index (χ0v) is 7.22. The van der Waals surface area contributed by atoms with Gasteiger partial charge in [-0.15, -0.1) is 16.3 Å². The Morgan fingerprint density at radius 3 is 2.88 bits per heavy atom. The molecule has 0 rings (SSSR count). The van der Waals surface area contributed by atoms with Gasteiger partial charge in [0.15, 0.2) is 0 Å². The molecular weight excluding hydrogens is 161 g/mol. The van der Waals surface area contributed by atoms with Crippen molar-refractivity contribution in [2.24, 2.45) is 4.95 Å². The highest BCUT2D eigenvalue weighted by molar-refractivity contribution is 8.49. The van der Waals surface area contributed by atoms with Crippen LogP contribution in [-0.4, -0.2) is 17.8 Å². The van der Waals surface area contributed by atoms with E-state index in [1.54, 1.807) is 23.1 Å². The van der Waals surface area contributed by atoms with Crippen molar-refractivity contribution in [3.05, 3.63) is 4.91 Å². The number of nitroso groups, excluding NO2 is 1. The summed E-state index contributed by atoms with van der Waals surface area (Å²) in [6.45, 7) is 0. The van der Waals surface area contributed by atoms with Gasteiger partial charge >= 0.3 is 0 Å². The first kappa shape index (κ1) is 8.73. The number of hydrogen-bond donors (Lipinski definition) is 0. The van der Waals surface area contributed by atoms with E-state index in [9.17, 15) is 4.91 Å². The zero-order chi connectivity index (χ0) is 6.24. The van der Waals surface area contributed by atoms with E-state index >= 15 is 0 Å². The summed E-state index contributed by atoms with van der Waals surface area (Å²) in [4.78, 5) is 12.2. The number of rotatable bonds is 5. The highest BCUT2D eigenvalue weighted by atomic mass is 32.7. The third kappa shape index (κ3) is 6.73. The normalized spacial score (nSPS) is 10.6. The summed E-state index contributed by atoms with van der Waals surface area (Å²) in [5.74, 6) is 2.17. The highest BCUT2D eigenvalue weighted by Crippen LogP contribution is 2.29. The van der Waals surface area contributed by atoms with Gasteiger partial charge in [-0.2, -0.15) is 11.8 Å². The Balaban J connectivity index is 2.62. The lowest BCUT2D eigenvalue weighted by Gasteiger charge is -1.89. The van der Waals surface area contributed by atoms with Crippen LogP contribution >= 0.6 is 31.1 Å². The molecule has 0 spiro atoms. The van der Waals surface area contributed by atoms with Gasteiger partial charge in [0.25, 0.3) is 0 Å². The van der Waals surface area contributed by atoms with Crippen molar-refractivity contribution >= 4 is 31.1 Å². The molecule has 5 heteroatoms. The Morgan fingerprint density at radius 2 is 2.38 bits per heavy atom. The van der Waals surface area contributed by atoms with Gasteiger partial charge < -0.3 is 0 Å². The minimum Gasteiger partial charge on any atom is -0.165 e. The lowest BCUT2D eigenvalue weighted by molar-refractivity contribution is 1.57. The molecule has 0 aliphatic carbocycles. The highest BCUT2D eigenvalue weighted by Gasteiger charge is 1.84. The maximum absolute atomic E-state index is 9.50. The number of thioether (sulfide) groups is 1. The van der Waals surface area contributed by atoms with Gasteiger partial charge in [-0.1, -0.05) is 0 Å². The van der Waals surface area contributed by atoms with E-state index in [1.807, 2.05) is 0 Å². The van der Waals surface area contributed by atoms with Crippen molar-refractivity contribution in [1.29, 1.82) is 0 Å². The van der Waals surface area contributed by atoms with Crippen LogP contribution < -0.4 is 0 Å². The Labute approximate surface area is 59.1 Å². The minimum absolute atomic E-state index is 0.197. The molecule has 0 aromatic rings. The van der Waals surface area contributed by atoms with Crippen LogP contribution in [0.1, 0.15) is 0 Å². The summed E-state index contributed by atoms with van der Waals surface area (Å²) in [6.07, 6.45) is 2.05. The van der Waals surface area contributed by atoms with Gasteiger partial charge in [-0.3, -0.25) is 0 Å². The van der Waals surface area contributed by atoms with Gasteiger partial charge in [0, 0.05) is 11.5 Å². The molecule has 0 amide bonds. The van der Waals surface area contributed by atoms with Gasteiger partial charge in [-0.25, -0.2) is 0 Å². The molecule has 48 valence electrons. The number of hydrogen-bond acceptors (Lipinski definition) is 4. The molecule has 0 aliphatic heterocycles. The van der Waals surface area contributed by atoms with Crippen LogP contribution in [0, 0.1) is 4.91 Å². The van der Waals surface area contributed by atoms with Crippen LogP contribution in [0.25, 0.3) is 0 Å². The van der Waals surface area contributed by atoms with E-state index in [0.29, 0.717) is 0 Å². The van der Waals surface area contributed by atoms with Crippen LogP contribution in [0.3, 0.4) is 0 Å². The SMILES string of the molecule is CSCCSPN=O. The van der Waals surface area contributed by atoms with E-state index in [0.717, 1.165) is 11.5 Å². The summed E-state index contributed by atoms with van der Waals surface area (Å²) >= 11 is 3.40. The van der Waals surface area contributed by atoms with Crippen molar-refractivity contribution < 1.29 is 0 Å². The Hall–Kier alpha value is 0.730. The fourth-order valence-corrected chi connectivity index (χ4v) is 2.52. The lowest BCUT2D eigenvalue weighted by Crippen LogP contribution is -1.75. The Bertz CT molecular complexity index is 63.2. The summed E-state index contributed by atoms with van der Waals surface area (Å²) in [6, 6.07) is 0. The Morgan fingerprint density at radius 1 is 1.62 bits per heavy atom. The molecule has 0 heterocycles. The third-order valence-corrected chi connectivity index (χ3v) is 3.20. The van der Waals surface area contributed by atoms with E-state index in [-0.39, 0.29) is 7.93 Å². The molecule has 0 saturated carbocycles. The average molecular weight is 169 g/mol. The van der Waals surface area contributed by atoms with Crippen molar-refractivity contribution in [3.8, 4) is 0 Å². The largest absolute Gasteiger partial charge is 0.165 e. The lowest BCUT2D eigenvalue weighted by atomic mass is 11.0. The third-order valence-electron chi connectivity index (χ3n) is 0.491. The average Bonchev–Trinajstić information content (AvgIpc) is 1.81. The predicted octanol–water partition coefficient (Wildman–Crippen LogP) is 2.36. The smallest absolute Gasteiger partial charge is 0.110 e. The molecule has 8 heavy (non-hydrogen) atoms. The van der Waals surface area contributed by atoms with Crippen molar-refractivity contribution in [1.82, 2.24) is 0 Å². The van der Waals surface area contributed by atoms with E-state index in [1.165, 1.54) is 0 Å². The summed E-state index contributed by atoms with van der Waals surface area (Å²) in [7, 11) is 0.197. The molecule has 0 radical (unpaired) electrons. The number of nitrogens with zero attached hydrogens (tertiary/aromatic N) is 1. The maximum Gasteiger partial charge on any atom is 0.110 e. The second kappa shape index (κ2) is 7.73. The standard InChI is InChI=1S/C3H8NOPS2/c1-7-2-3-8-6-4-5/h6H,2-3H2,1H3. The van der Waals surface area contributed by atoms with Gasteiger partial charge in [0.2, 0.25) is 0 Å². The monoisotopic (exact) mass is 169 g/mol. The molecule has 1 unspecified atom stereocenters. The van der Waals surface area contributed by atoms with Crippen molar-refractivity contribution in [2.75, 3.05) is 17.8 Å². The first-order chi connectivity index (χ1) is 3.91. The maximum atomic E-state index is 9.50. The molecule has 0 saturated heterocycles. The molecule has 1 atom stereocenters. The van der Waals surface area contributed by atoms with Crippen LogP contribution in [-0.2, 0) is 0 Å². The second-order valence-corrected chi connectivity index (χ2v) is 4.49. The molecular formula is C3H8NOPS2. The summed E-state index contributed by atoms with van der Waals surface area (Å²) in [5, 5.41) is 0.